The number of aliphatic imine (C=N–C) groups is 1. The SMILES string of the molecule is CC(=Nc1c(C)cc(C)cc1C)c1ccc(/C(C)=N/S(=O)(=O)Oc2ccccc2)s1. The van der Waals surface area contributed by atoms with Crippen LogP contribution in [0.25, 0.3) is 0 Å². The van der Waals surface area contributed by atoms with Gasteiger partial charge in [0.15, 0.2) is 0 Å². The zero-order chi connectivity index (χ0) is 21.9. The third-order valence-electron chi connectivity index (χ3n) is 4.43. The number of hydrogen-bond donors (Lipinski definition) is 0. The lowest BCUT2D eigenvalue weighted by Gasteiger charge is -2.08. The van der Waals surface area contributed by atoms with Gasteiger partial charge < -0.3 is 4.18 Å². The van der Waals surface area contributed by atoms with E-state index in [-0.39, 0.29) is 5.75 Å². The van der Waals surface area contributed by atoms with Gasteiger partial charge in [-0.05, 0) is 70.0 Å². The Morgan fingerprint density at radius 1 is 0.867 bits per heavy atom. The molecule has 0 aliphatic carbocycles. The van der Waals surface area contributed by atoms with Crippen LogP contribution >= 0.6 is 11.3 Å². The highest BCUT2D eigenvalue weighted by Crippen LogP contribution is 2.27. The van der Waals surface area contributed by atoms with Gasteiger partial charge in [0.25, 0.3) is 0 Å². The maximum atomic E-state index is 12.2. The van der Waals surface area contributed by atoms with Gasteiger partial charge in [-0.2, -0.15) is 8.42 Å². The lowest BCUT2D eigenvalue weighted by atomic mass is 10.1. The lowest BCUT2D eigenvalue weighted by Crippen LogP contribution is -2.08. The fourth-order valence-corrected chi connectivity index (χ4v) is 4.91. The molecule has 3 aromatic rings. The van der Waals surface area contributed by atoms with Gasteiger partial charge in [-0.15, -0.1) is 15.7 Å². The smallest absolute Gasteiger partial charge is 0.366 e. The number of para-hydroxylation sites is 1. The van der Waals surface area contributed by atoms with E-state index in [4.69, 9.17) is 9.18 Å². The molecule has 156 valence electrons. The van der Waals surface area contributed by atoms with Crippen LogP contribution in [0.5, 0.6) is 5.75 Å². The van der Waals surface area contributed by atoms with Crippen molar-refractivity contribution in [1.29, 1.82) is 0 Å². The molecule has 3 rings (SSSR count). The van der Waals surface area contributed by atoms with E-state index in [1.165, 1.54) is 16.9 Å². The van der Waals surface area contributed by atoms with Crippen molar-refractivity contribution in [3.05, 3.63) is 81.0 Å². The summed E-state index contributed by atoms with van der Waals surface area (Å²) in [7, 11) is -4.09. The van der Waals surface area contributed by atoms with Crippen LogP contribution < -0.4 is 4.18 Å². The second kappa shape index (κ2) is 8.93. The molecule has 5 nitrogen and oxygen atoms in total. The molecular formula is C23H24N2O3S2. The monoisotopic (exact) mass is 440 g/mol. The summed E-state index contributed by atoms with van der Waals surface area (Å²) in [5.74, 6) is 0.229. The Hall–Kier alpha value is -2.77. The molecule has 0 spiro atoms. The second-order valence-electron chi connectivity index (χ2n) is 7.11. The molecule has 30 heavy (non-hydrogen) atoms. The molecule has 0 unspecified atom stereocenters. The van der Waals surface area contributed by atoms with Crippen LogP contribution in [0.4, 0.5) is 5.69 Å². The number of rotatable bonds is 6. The van der Waals surface area contributed by atoms with E-state index >= 15 is 0 Å². The van der Waals surface area contributed by atoms with Gasteiger partial charge in [-0.3, -0.25) is 4.99 Å². The molecule has 0 aliphatic rings. The fraction of sp³-hybridized carbons (Fsp3) is 0.217. The quantitative estimate of drug-likeness (QED) is 0.445. The normalized spacial score (nSPS) is 12.8. The molecule has 0 saturated heterocycles. The third kappa shape index (κ3) is 5.43. The number of hydrogen-bond acceptors (Lipinski definition) is 5. The van der Waals surface area contributed by atoms with Crippen molar-refractivity contribution in [2.24, 2.45) is 9.39 Å². The van der Waals surface area contributed by atoms with Crippen LogP contribution in [0.1, 0.15) is 40.3 Å². The van der Waals surface area contributed by atoms with Crippen molar-refractivity contribution in [2.45, 2.75) is 34.6 Å². The lowest BCUT2D eigenvalue weighted by molar-refractivity contribution is 0.488. The second-order valence-corrected chi connectivity index (χ2v) is 9.40. The molecule has 7 heteroatoms. The zero-order valence-electron chi connectivity index (χ0n) is 17.6. The highest BCUT2D eigenvalue weighted by Gasteiger charge is 2.14. The van der Waals surface area contributed by atoms with Gasteiger partial charge in [-0.1, -0.05) is 35.9 Å². The van der Waals surface area contributed by atoms with E-state index in [0.29, 0.717) is 5.71 Å². The third-order valence-corrected chi connectivity index (χ3v) is 6.63. The van der Waals surface area contributed by atoms with Gasteiger partial charge in [0.2, 0.25) is 0 Å². The van der Waals surface area contributed by atoms with Gasteiger partial charge in [0.05, 0.1) is 17.1 Å². The molecule has 0 aliphatic heterocycles. The van der Waals surface area contributed by atoms with Crippen molar-refractivity contribution < 1.29 is 12.6 Å². The molecule has 0 saturated carbocycles. The van der Waals surface area contributed by atoms with Crippen molar-refractivity contribution in [2.75, 3.05) is 0 Å². The molecule has 0 amide bonds. The molecule has 0 radical (unpaired) electrons. The zero-order valence-corrected chi connectivity index (χ0v) is 19.3. The van der Waals surface area contributed by atoms with Gasteiger partial charge in [-0.25, -0.2) is 0 Å². The van der Waals surface area contributed by atoms with Crippen molar-refractivity contribution in [1.82, 2.24) is 0 Å². The van der Waals surface area contributed by atoms with Gasteiger partial charge in [0.1, 0.15) is 5.75 Å². The Balaban J connectivity index is 1.84. The number of benzene rings is 2. The number of nitrogens with zero attached hydrogens (tertiary/aromatic N) is 2. The van der Waals surface area contributed by atoms with E-state index < -0.39 is 10.3 Å². The van der Waals surface area contributed by atoms with Crippen LogP contribution in [0, 0.1) is 20.8 Å². The average molecular weight is 441 g/mol. The summed E-state index contributed by atoms with van der Waals surface area (Å²) < 4.78 is 33.3. The van der Waals surface area contributed by atoms with Gasteiger partial charge in [0, 0.05) is 9.75 Å². The Morgan fingerprint density at radius 3 is 2.03 bits per heavy atom. The van der Waals surface area contributed by atoms with E-state index in [9.17, 15) is 8.42 Å². The minimum Gasteiger partial charge on any atom is -0.366 e. The molecule has 1 heterocycles. The minimum absolute atomic E-state index is 0.229. The summed E-state index contributed by atoms with van der Waals surface area (Å²) in [4.78, 5) is 6.52. The first-order valence-electron chi connectivity index (χ1n) is 9.44. The molecule has 2 aromatic carbocycles. The highest BCUT2D eigenvalue weighted by molar-refractivity contribution is 7.85. The predicted octanol–water partition coefficient (Wildman–Crippen LogP) is 5.95. The largest absolute Gasteiger partial charge is 0.428 e. The van der Waals surface area contributed by atoms with Crippen LogP contribution in [-0.2, 0) is 10.3 Å². The van der Waals surface area contributed by atoms with Crippen molar-refractivity contribution in [3.8, 4) is 5.75 Å². The van der Waals surface area contributed by atoms with E-state index in [1.807, 2.05) is 19.1 Å². The molecule has 0 bridgehead atoms. The first-order chi connectivity index (χ1) is 14.1. The van der Waals surface area contributed by atoms with Crippen molar-refractivity contribution in [3.63, 3.8) is 0 Å². The number of aryl methyl sites for hydroxylation is 3. The molecule has 0 atom stereocenters. The Labute approximate surface area is 182 Å². The first kappa shape index (κ1) is 21.9. The predicted molar refractivity (Wildman–Crippen MR) is 125 cm³/mol. The molecule has 0 fully saturated rings. The molecular weight excluding hydrogens is 416 g/mol. The average Bonchev–Trinajstić information content (AvgIpc) is 3.15. The summed E-state index contributed by atoms with van der Waals surface area (Å²) in [6.45, 7) is 9.79. The summed E-state index contributed by atoms with van der Waals surface area (Å²) in [6, 6.07) is 16.3. The Kier molecular flexibility index (Phi) is 6.53. The standard InChI is InChI=1S/C23H24N2O3S2/c1-15-13-16(2)23(17(3)14-15)24-18(4)21-11-12-22(29-21)19(5)25-30(26,27)28-20-9-7-6-8-10-20/h6-14H,1-5H3/b24-18?,25-19+. The first-order valence-corrected chi connectivity index (χ1v) is 11.6. The van der Waals surface area contributed by atoms with Crippen LogP contribution in [-0.4, -0.2) is 19.8 Å². The maximum absolute atomic E-state index is 12.2. The number of thiophene rings is 1. The maximum Gasteiger partial charge on any atom is 0.428 e. The summed E-state index contributed by atoms with van der Waals surface area (Å²) in [5.41, 5.74) is 5.69. The van der Waals surface area contributed by atoms with Crippen molar-refractivity contribution >= 4 is 38.8 Å². The molecule has 1 aromatic heterocycles. The van der Waals surface area contributed by atoms with E-state index in [1.54, 1.807) is 37.3 Å². The van der Waals surface area contributed by atoms with Gasteiger partial charge >= 0.3 is 10.3 Å². The minimum atomic E-state index is -4.09. The fourth-order valence-electron chi connectivity index (χ4n) is 3.13. The summed E-state index contributed by atoms with van der Waals surface area (Å²) >= 11 is 1.45. The van der Waals surface area contributed by atoms with Crippen LogP contribution in [0.2, 0.25) is 0 Å². The summed E-state index contributed by atoms with van der Waals surface area (Å²) in [5, 5.41) is 0. The van der Waals surface area contributed by atoms with Crippen LogP contribution in [0.3, 0.4) is 0 Å². The summed E-state index contributed by atoms with van der Waals surface area (Å²) in [6.07, 6.45) is 0. The Bertz CT molecular complexity index is 1200. The van der Waals surface area contributed by atoms with E-state index in [0.717, 1.165) is 32.3 Å². The topological polar surface area (TPSA) is 68.1 Å². The van der Waals surface area contributed by atoms with Crippen LogP contribution in [0.15, 0.2) is 64.0 Å². The Morgan fingerprint density at radius 2 is 1.43 bits per heavy atom. The van der Waals surface area contributed by atoms with E-state index in [2.05, 4.69) is 37.3 Å². The molecule has 0 N–H and O–H groups in total. The highest BCUT2D eigenvalue weighted by atomic mass is 32.2.